The number of nitrogens with zero attached hydrogens (tertiary/aromatic N) is 1. The van der Waals surface area contributed by atoms with E-state index >= 15 is 0 Å². The first kappa shape index (κ1) is 11.9. The number of rotatable bonds is 3. The van der Waals surface area contributed by atoms with Gasteiger partial charge < -0.3 is 15.7 Å². The molecule has 2 unspecified atom stereocenters. The van der Waals surface area contributed by atoms with Crippen molar-refractivity contribution >= 4 is 11.7 Å². The molecule has 1 aromatic carbocycles. The van der Waals surface area contributed by atoms with Gasteiger partial charge in [0.1, 0.15) is 6.04 Å². The third kappa shape index (κ3) is 2.00. The first-order chi connectivity index (χ1) is 8.02. The second-order valence-corrected chi connectivity index (χ2v) is 4.77. The normalized spacial score (nSPS) is 20.5. The van der Waals surface area contributed by atoms with Gasteiger partial charge in [-0.1, -0.05) is 18.2 Å². The summed E-state index contributed by atoms with van der Waals surface area (Å²) in [7, 11) is 0. The molecule has 1 aromatic rings. The predicted octanol–water partition coefficient (Wildman–Crippen LogP) is 1.24. The number of hydrogen-bond donors (Lipinski definition) is 2. The van der Waals surface area contributed by atoms with Gasteiger partial charge in [0.05, 0.1) is 6.04 Å². The molecule has 0 fully saturated rings. The van der Waals surface area contributed by atoms with Crippen LogP contribution in [0.5, 0.6) is 0 Å². The van der Waals surface area contributed by atoms with Gasteiger partial charge in [-0.2, -0.15) is 0 Å². The summed E-state index contributed by atoms with van der Waals surface area (Å²) in [5, 5.41) is 9.07. The smallest absolute Gasteiger partial charge is 0.322 e. The standard InChI is InChI=1S/C13H18N2O2/c1-8(2)15-10-6-4-3-5-9(10)7-11(15)12(14)13(16)17/h3-6,8,11-12H,7,14H2,1-2H3,(H,16,17). The number of hydrogen-bond acceptors (Lipinski definition) is 3. The zero-order valence-corrected chi connectivity index (χ0v) is 10.1. The highest BCUT2D eigenvalue weighted by Gasteiger charge is 2.37. The molecule has 4 heteroatoms. The van der Waals surface area contributed by atoms with Gasteiger partial charge in [0.15, 0.2) is 0 Å². The average Bonchev–Trinajstić information content (AvgIpc) is 2.66. The number of para-hydroxylation sites is 1. The molecule has 4 nitrogen and oxygen atoms in total. The molecule has 0 aliphatic carbocycles. The summed E-state index contributed by atoms with van der Waals surface area (Å²) in [5.74, 6) is -0.937. The van der Waals surface area contributed by atoms with Gasteiger partial charge in [0.25, 0.3) is 0 Å². The summed E-state index contributed by atoms with van der Waals surface area (Å²) in [4.78, 5) is 13.2. The molecule has 17 heavy (non-hydrogen) atoms. The SMILES string of the molecule is CC(C)N1c2ccccc2CC1C(N)C(=O)O. The fourth-order valence-electron chi connectivity index (χ4n) is 2.56. The van der Waals surface area contributed by atoms with E-state index in [-0.39, 0.29) is 12.1 Å². The predicted molar refractivity (Wildman–Crippen MR) is 67.2 cm³/mol. The van der Waals surface area contributed by atoms with E-state index in [0.717, 1.165) is 5.69 Å². The third-order valence-electron chi connectivity index (χ3n) is 3.31. The minimum Gasteiger partial charge on any atom is -0.480 e. The number of nitrogens with two attached hydrogens (primary N) is 1. The molecular formula is C13H18N2O2. The van der Waals surface area contributed by atoms with E-state index in [1.165, 1.54) is 5.56 Å². The van der Waals surface area contributed by atoms with Crippen molar-refractivity contribution in [3.8, 4) is 0 Å². The van der Waals surface area contributed by atoms with E-state index in [1.54, 1.807) is 0 Å². The Morgan fingerprint density at radius 2 is 2.12 bits per heavy atom. The van der Waals surface area contributed by atoms with Crippen LogP contribution in [0.25, 0.3) is 0 Å². The summed E-state index contributed by atoms with van der Waals surface area (Å²) in [5.41, 5.74) is 8.09. The number of fused-ring (bicyclic) bond motifs is 1. The van der Waals surface area contributed by atoms with Gasteiger partial charge in [0, 0.05) is 11.7 Å². The first-order valence-corrected chi connectivity index (χ1v) is 5.87. The third-order valence-corrected chi connectivity index (χ3v) is 3.31. The van der Waals surface area contributed by atoms with Gasteiger partial charge in [-0.05, 0) is 31.9 Å². The molecule has 1 heterocycles. The van der Waals surface area contributed by atoms with E-state index in [0.29, 0.717) is 6.42 Å². The van der Waals surface area contributed by atoms with Crippen molar-refractivity contribution in [2.24, 2.45) is 5.73 Å². The number of carbonyl (C=O) groups is 1. The van der Waals surface area contributed by atoms with E-state index in [1.807, 2.05) is 24.3 Å². The Kier molecular flexibility index (Phi) is 3.07. The second kappa shape index (κ2) is 4.37. The molecule has 0 saturated carbocycles. The van der Waals surface area contributed by atoms with E-state index in [4.69, 9.17) is 10.8 Å². The Labute approximate surface area is 101 Å². The topological polar surface area (TPSA) is 66.6 Å². The van der Waals surface area contributed by atoms with Crippen LogP contribution in [0.1, 0.15) is 19.4 Å². The molecule has 2 atom stereocenters. The van der Waals surface area contributed by atoms with E-state index < -0.39 is 12.0 Å². The Balaban J connectivity index is 2.36. The van der Waals surface area contributed by atoms with Gasteiger partial charge in [-0.15, -0.1) is 0 Å². The number of carboxylic acid groups (broad SMARTS) is 1. The van der Waals surface area contributed by atoms with E-state index in [9.17, 15) is 4.79 Å². The lowest BCUT2D eigenvalue weighted by Crippen LogP contribution is -2.52. The molecule has 0 aromatic heterocycles. The monoisotopic (exact) mass is 234 g/mol. The van der Waals surface area contributed by atoms with Crippen LogP contribution < -0.4 is 10.6 Å². The summed E-state index contributed by atoms with van der Waals surface area (Å²) >= 11 is 0. The van der Waals surface area contributed by atoms with Crippen LogP contribution in [0.4, 0.5) is 5.69 Å². The van der Waals surface area contributed by atoms with Crippen molar-refractivity contribution in [3.05, 3.63) is 29.8 Å². The maximum atomic E-state index is 11.1. The van der Waals surface area contributed by atoms with Crippen LogP contribution in [0.2, 0.25) is 0 Å². The molecule has 0 spiro atoms. The average molecular weight is 234 g/mol. The molecule has 1 aliphatic rings. The van der Waals surface area contributed by atoms with E-state index in [2.05, 4.69) is 18.7 Å². The maximum absolute atomic E-state index is 11.1. The van der Waals surface area contributed by atoms with Crippen LogP contribution >= 0.6 is 0 Å². The highest BCUT2D eigenvalue weighted by Crippen LogP contribution is 2.34. The highest BCUT2D eigenvalue weighted by atomic mass is 16.4. The lowest BCUT2D eigenvalue weighted by molar-refractivity contribution is -0.139. The number of benzene rings is 1. The summed E-state index contributed by atoms with van der Waals surface area (Å²) < 4.78 is 0. The summed E-state index contributed by atoms with van der Waals surface area (Å²) in [6.07, 6.45) is 0.710. The van der Waals surface area contributed by atoms with Gasteiger partial charge >= 0.3 is 5.97 Å². The van der Waals surface area contributed by atoms with Crippen molar-refractivity contribution in [2.75, 3.05) is 4.90 Å². The Bertz CT molecular complexity index is 431. The number of carboxylic acids is 1. The molecule has 3 N–H and O–H groups in total. The summed E-state index contributed by atoms with van der Waals surface area (Å²) in [6, 6.07) is 7.28. The molecule has 0 amide bonds. The lowest BCUT2D eigenvalue weighted by atomic mass is 10.0. The van der Waals surface area contributed by atoms with Gasteiger partial charge in [-0.25, -0.2) is 0 Å². The maximum Gasteiger partial charge on any atom is 0.322 e. The zero-order valence-electron chi connectivity index (χ0n) is 10.1. The first-order valence-electron chi connectivity index (χ1n) is 5.87. The van der Waals surface area contributed by atoms with Gasteiger partial charge in [-0.3, -0.25) is 4.79 Å². The quantitative estimate of drug-likeness (QED) is 0.825. The summed E-state index contributed by atoms with van der Waals surface area (Å²) in [6.45, 7) is 4.12. The Morgan fingerprint density at radius 3 is 2.71 bits per heavy atom. The molecule has 0 bridgehead atoms. The highest BCUT2D eigenvalue weighted by molar-refractivity contribution is 5.76. The minimum atomic E-state index is -0.937. The van der Waals surface area contributed by atoms with Crippen LogP contribution in [0, 0.1) is 0 Å². The van der Waals surface area contributed by atoms with Crippen molar-refractivity contribution in [1.29, 1.82) is 0 Å². The molecule has 0 radical (unpaired) electrons. The lowest BCUT2D eigenvalue weighted by Gasteiger charge is -2.33. The van der Waals surface area contributed by atoms with Crippen LogP contribution in [0.3, 0.4) is 0 Å². The van der Waals surface area contributed by atoms with Crippen molar-refractivity contribution < 1.29 is 9.90 Å². The molecule has 92 valence electrons. The van der Waals surface area contributed by atoms with Gasteiger partial charge in [0.2, 0.25) is 0 Å². The Hall–Kier alpha value is -1.55. The second-order valence-electron chi connectivity index (χ2n) is 4.77. The molecule has 2 rings (SSSR count). The fourth-order valence-corrected chi connectivity index (χ4v) is 2.56. The van der Waals surface area contributed by atoms with Crippen molar-refractivity contribution in [3.63, 3.8) is 0 Å². The van der Waals surface area contributed by atoms with Crippen LogP contribution in [0.15, 0.2) is 24.3 Å². The minimum absolute atomic E-state index is 0.148. The molecule has 0 saturated heterocycles. The van der Waals surface area contributed by atoms with Crippen LogP contribution in [-0.4, -0.2) is 29.2 Å². The fraction of sp³-hybridized carbons (Fsp3) is 0.462. The van der Waals surface area contributed by atoms with Crippen molar-refractivity contribution in [2.45, 2.75) is 38.4 Å². The molecule has 1 aliphatic heterocycles. The number of aliphatic carboxylic acids is 1. The largest absolute Gasteiger partial charge is 0.480 e. The number of anilines is 1. The zero-order chi connectivity index (χ0) is 12.6. The molecular weight excluding hydrogens is 216 g/mol. The van der Waals surface area contributed by atoms with Crippen LogP contribution in [-0.2, 0) is 11.2 Å². The Morgan fingerprint density at radius 1 is 1.47 bits per heavy atom. The van der Waals surface area contributed by atoms with Crippen molar-refractivity contribution in [1.82, 2.24) is 0 Å².